The maximum Gasteiger partial charge on any atom is 0.194 e. The molecule has 2 nitrogen and oxygen atoms in total. The molecule has 0 saturated carbocycles. The zero-order valence-electron chi connectivity index (χ0n) is 5.06. The van der Waals surface area contributed by atoms with Crippen molar-refractivity contribution in [3.8, 4) is 0 Å². The van der Waals surface area contributed by atoms with E-state index in [-0.39, 0.29) is 4.48 Å². The number of hydrogen-bond acceptors (Lipinski definition) is 2. The quantitative estimate of drug-likeness (QED) is 0.542. The van der Waals surface area contributed by atoms with Crippen molar-refractivity contribution < 1.29 is 14.6 Å². The molecule has 0 spiro atoms. The van der Waals surface area contributed by atoms with Crippen LogP contribution in [-0.4, -0.2) is 10.2 Å². The molecule has 0 radical (unpaired) electrons. The summed E-state index contributed by atoms with van der Waals surface area (Å²) in [5.74, 6) is -2.65. The lowest BCUT2D eigenvalue weighted by atomic mass is 10.4. The fraction of sp³-hybridized carbons (Fsp3) is 0. The molecule has 0 bridgehead atoms. The minimum absolute atomic E-state index is 0.00352. The van der Waals surface area contributed by atoms with Crippen molar-refractivity contribution in [1.29, 1.82) is 0 Å². The fourth-order valence-electron chi connectivity index (χ4n) is 0.257. The Kier molecular flexibility index (Phi) is 3.15. The second kappa shape index (κ2) is 3.41. The van der Waals surface area contributed by atoms with Crippen LogP contribution in [0.1, 0.15) is 0 Å². The Bertz CT molecular complexity index is 186. The van der Waals surface area contributed by atoms with Crippen LogP contribution in [0.2, 0.25) is 0 Å². The molecule has 0 rings (SSSR count). The van der Waals surface area contributed by atoms with E-state index < -0.39 is 17.3 Å². The van der Waals surface area contributed by atoms with Crippen molar-refractivity contribution in [2.45, 2.75) is 0 Å². The number of aliphatic hydroxyl groups is 2. The van der Waals surface area contributed by atoms with E-state index in [0.29, 0.717) is 0 Å². The molecule has 0 saturated heterocycles. The Morgan fingerprint density at radius 3 is 1.70 bits per heavy atom. The molecule has 0 fully saturated rings. The predicted molar refractivity (Wildman–Crippen MR) is 40.6 cm³/mol. The molecule has 0 aliphatic carbocycles. The summed E-state index contributed by atoms with van der Waals surface area (Å²) in [7, 11) is 0. The van der Waals surface area contributed by atoms with E-state index in [1.54, 1.807) is 0 Å². The van der Waals surface area contributed by atoms with Gasteiger partial charge in [0.1, 0.15) is 0 Å². The summed E-state index contributed by atoms with van der Waals surface area (Å²) in [4.78, 5) is 0. The van der Waals surface area contributed by atoms with Crippen LogP contribution in [0, 0.1) is 0 Å². The standard InChI is InChI=1S/C6H6BrFO2/c1-3(7)5(9)6(10)4(2)8/h9-10H,1-2H2/b6-5-. The average molecular weight is 209 g/mol. The molecule has 0 aliphatic heterocycles. The highest BCUT2D eigenvalue weighted by Gasteiger charge is 2.07. The molecule has 0 aromatic rings. The van der Waals surface area contributed by atoms with Gasteiger partial charge >= 0.3 is 0 Å². The molecule has 0 aromatic carbocycles. The summed E-state index contributed by atoms with van der Waals surface area (Å²) in [6.07, 6.45) is 0. The summed E-state index contributed by atoms with van der Waals surface area (Å²) in [6, 6.07) is 0. The molecule has 0 unspecified atom stereocenters. The summed E-state index contributed by atoms with van der Waals surface area (Å²) in [5, 5.41) is 17.4. The van der Waals surface area contributed by atoms with Crippen molar-refractivity contribution in [1.82, 2.24) is 0 Å². The molecule has 0 amide bonds. The van der Waals surface area contributed by atoms with Crippen LogP contribution in [0.15, 0.2) is 35.0 Å². The fourth-order valence-corrected chi connectivity index (χ4v) is 0.445. The van der Waals surface area contributed by atoms with E-state index in [4.69, 9.17) is 10.2 Å². The molecule has 0 aromatic heterocycles. The molecule has 0 atom stereocenters. The highest BCUT2D eigenvalue weighted by molar-refractivity contribution is 9.11. The van der Waals surface area contributed by atoms with Gasteiger partial charge in [0.15, 0.2) is 17.3 Å². The second-order valence-corrected chi connectivity index (χ2v) is 2.46. The molecule has 0 heterocycles. The monoisotopic (exact) mass is 208 g/mol. The van der Waals surface area contributed by atoms with E-state index >= 15 is 0 Å². The Morgan fingerprint density at radius 2 is 1.60 bits per heavy atom. The van der Waals surface area contributed by atoms with Crippen molar-refractivity contribution >= 4 is 15.9 Å². The first kappa shape index (κ1) is 9.23. The highest BCUT2D eigenvalue weighted by atomic mass is 79.9. The van der Waals surface area contributed by atoms with Gasteiger partial charge in [-0.3, -0.25) is 0 Å². The third kappa shape index (κ3) is 2.23. The summed E-state index contributed by atoms with van der Waals surface area (Å²) in [5.41, 5.74) is 0. The lowest BCUT2D eigenvalue weighted by Gasteiger charge is -1.98. The molecule has 0 aliphatic rings. The Balaban J connectivity index is 4.67. The van der Waals surface area contributed by atoms with Crippen LogP contribution < -0.4 is 0 Å². The summed E-state index contributed by atoms with van der Waals surface area (Å²) < 4.78 is 12.0. The molecule has 56 valence electrons. The zero-order chi connectivity index (χ0) is 8.31. The Labute approximate surface area is 66.1 Å². The van der Waals surface area contributed by atoms with E-state index in [1.807, 2.05) is 0 Å². The van der Waals surface area contributed by atoms with Crippen molar-refractivity contribution in [3.63, 3.8) is 0 Å². The van der Waals surface area contributed by atoms with Gasteiger partial charge in [-0.1, -0.05) is 13.2 Å². The number of halogens is 2. The van der Waals surface area contributed by atoms with E-state index in [0.717, 1.165) is 0 Å². The van der Waals surface area contributed by atoms with Crippen molar-refractivity contribution in [3.05, 3.63) is 35.0 Å². The first-order chi connectivity index (χ1) is 4.46. The smallest absolute Gasteiger partial charge is 0.194 e. The van der Waals surface area contributed by atoms with Crippen LogP contribution in [0.4, 0.5) is 4.39 Å². The van der Waals surface area contributed by atoms with Gasteiger partial charge in [0.25, 0.3) is 0 Å². The largest absolute Gasteiger partial charge is 0.503 e. The number of aliphatic hydroxyl groups excluding tert-OH is 2. The van der Waals surface area contributed by atoms with Crippen LogP contribution in [0.5, 0.6) is 0 Å². The van der Waals surface area contributed by atoms with Gasteiger partial charge in [-0.2, -0.15) is 0 Å². The maximum absolute atomic E-state index is 12.0. The van der Waals surface area contributed by atoms with Gasteiger partial charge in [-0.25, -0.2) is 4.39 Å². The van der Waals surface area contributed by atoms with Crippen LogP contribution >= 0.6 is 15.9 Å². The van der Waals surface area contributed by atoms with Crippen molar-refractivity contribution in [2.24, 2.45) is 0 Å². The van der Waals surface area contributed by atoms with E-state index in [1.165, 1.54) is 0 Å². The molecule has 2 N–H and O–H groups in total. The summed E-state index contributed by atoms with van der Waals surface area (Å²) in [6.45, 7) is 5.96. The van der Waals surface area contributed by atoms with E-state index in [2.05, 4.69) is 29.1 Å². The molecule has 10 heavy (non-hydrogen) atoms. The lowest BCUT2D eigenvalue weighted by Crippen LogP contribution is -1.89. The van der Waals surface area contributed by atoms with Gasteiger partial charge in [-0.05, 0) is 15.9 Å². The zero-order valence-corrected chi connectivity index (χ0v) is 6.65. The number of hydrogen-bond donors (Lipinski definition) is 2. The molecule has 4 heteroatoms. The first-order valence-electron chi connectivity index (χ1n) is 2.28. The molecular formula is C6H6BrFO2. The molecular weight excluding hydrogens is 203 g/mol. The third-order valence-corrected chi connectivity index (χ3v) is 1.11. The number of rotatable bonds is 2. The predicted octanol–water partition coefficient (Wildman–Crippen LogP) is 2.71. The minimum Gasteiger partial charge on any atom is -0.503 e. The topological polar surface area (TPSA) is 40.5 Å². The van der Waals surface area contributed by atoms with Gasteiger partial charge in [0.2, 0.25) is 0 Å². The highest BCUT2D eigenvalue weighted by Crippen LogP contribution is 2.18. The minimum atomic E-state index is -1.10. The third-order valence-electron chi connectivity index (χ3n) is 0.738. The van der Waals surface area contributed by atoms with Crippen molar-refractivity contribution in [2.75, 3.05) is 0 Å². The van der Waals surface area contributed by atoms with Crippen LogP contribution in [0.3, 0.4) is 0 Å². The SMILES string of the molecule is C=C(F)/C(O)=C(/O)C(=C)Br. The van der Waals surface area contributed by atoms with E-state index in [9.17, 15) is 4.39 Å². The van der Waals surface area contributed by atoms with Gasteiger partial charge < -0.3 is 10.2 Å². The first-order valence-corrected chi connectivity index (χ1v) is 3.08. The Hall–Kier alpha value is -0.770. The van der Waals surface area contributed by atoms with Crippen LogP contribution in [-0.2, 0) is 0 Å². The average Bonchev–Trinajstić information content (AvgIpc) is 1.84. The maximum atomic E-state index is 12.0. The lowest BCUT2D eigenvalue weighted by molar-refractivity contribution is 0.327. The normalized spacial score (nSPS) is 12.2. The van der Waals surface area contributed by atoms with Gasteiger partial charge in [-0.15, -0.1) is 0 Å². The summed E-state index contributed by atoms with van der Waals surface area (Å²) >= 11 is 2.74. The van der Waals surface area contributed by atoms with Gasteiger partial charge in [0.05, 0.1) is 4.48 Å². The Morgan fingerprint density at radius 1 is 1.20 bits per heavy atom. The van der Waals surface area contributed by atoms with Gasteiger partial charge in [0, 0.05) is 0 Å². The van der Waals surface area contributed by atoms with Crippen LogP contribution in [0.25, 0.3) is 0 Å². The number of allylic oxidation sites excluding steroid dienone is 2. The second-order valence-electron chi connectivity index (χ2n) is 1.51.